The summed E-state index contributed by atoms with van der Waals surface area (Å²) in [6.07, 6.45) is 1.53. The fourth-order valence-electron chi connectivity index (χ4n) is 1.61. The number of benzene rings is 1. The molecule has 102 valence electrons. The number of carbonyl (C=O) groups is 1. The topological polar surface area (TPSA) is 74.8 Å². The van der Waals surface area contributed by atoms with Gasteiger partial charge in [0, 0.05) is 12.1 Å². The molecular weight excluding hydrogens is 261 g/mol. The molecule has 1 heterocycles. The summed E-state index contributed by atoms with van der Waals surface area (Å²) in [5.41, 5.74) is 0.300. The number of nitrogens with zero attached hydrogens (tertiary/aromatic N) is 1. The average Bonchev–Trinajstić information content (AvgIpc) is 2.44. The van der Waals surface area contributed by atoms with E-state index >= 15 is 0 Å². The molecule has 0 unspecified atom stereocenters. The molecule has 2 aromatic rings. The summed E-state index contributed by atoms with van der Waals surface area (Å²) in [5.74, 6) is -0.824. The van der Waals surface area contributed by atoms with E-state index in [1.54, 1.807) is 0 Å². The van der Waals surface area contributed by atoms with E-state index in [0.717, 1.165) is 0 Å². The lowest BCUT2D eigenvalue weighted by molar-refractivity contribution is 0.0952. The van der Waals surface area contributed by atoms with E-state index in [1.807, 2.05) is 0 Å². The van der Waals surface area contributed by atoms with Gasteiger partial charge in [0.05, 0.1) is 5.69 Å². The Balaban J connectivity index is 2.38. The highest BCUT2D eigenvalue weighted by atomic mass is 19.1. The number of hydrogen-bond acceptors (Lipinski definition) is 3. The summed E-state index contributed by atoms with van der Waals surface area (Å²) >= 11 is 0. The highest BCUT2D eigenvalue weighted by Crippen LogP contribution is 2.16. The van der Waals surface area contributed by atoms with Crippen LogP contribution in [0.15, 0.2) is 47.8 Å². The van der Waals surface area contributed by atoms with E-state index < -0.39 is 11.6 Å². The van der Waals surface area contributed by atoms with Crippen molar-refractivity contribution in [3.8, 4) is 11.3 Å². The highest BCUT2D eigenvalue weighted by molar-refractivity contribution is 5.93. The highest BCUT2D eigenvalue weighted by Gasteiger charge is 2.09. The number of nitrogens with one attached hydrogen (secondary N) is 2. The Labute approximate surface area is 114 Å². The zero-order valence-corrected chi connectivity index (χ0v) is 10.5. The van der Waals surface area contributed by atoms with E-state index in [2.05, 4.69) is 21.9 Å². The number of carbonyl (C=O) groups excluding carboxylic acids is 1. The number of hydrogen-bond donors (Lipinski definition) is 2. The van der Waals surface area contributed by atoms with Gasteiger partial charge in [-0.15, -0.1) is 6.58 Å². The first-order valence-corrected chi connectivity index (χ1v) is 5.86. The number of H-pyrrole nitrogens is 1. The number of rotatable bonds is 4. The summed E-state index contributed by atoms with van der Waals surface area (Å²) in [7, 11) is 0. The third-order valence-electron chi connectivity index (χ3n) is 2.54. The summed E-state index contributed by atoms with van der Waals surface area (Å²) in [6, 6.07) is 6.93. The minimum Gasteiger partial charge on any atom is -0.347 e. The fourth-order valence-corrected chi connectivity index (χ4v) is 1.61. The Morgan fingerprint density at radius 3 is 2.75 bits per heavy atom. The van der Waals surface area contributed by atoms with Crippen LogP contribution in [-0.4, -0.2) is 22.4 Å². The van der Waals surface area contributed by atoms with Gasteiger partial charge in [-0.2, -0.15) is 4.98 Å². The van der Waals surface area contributed by atoms with Crippen molar-refractivity contribution in [1.82, 2.24) is 15.3 Å². The van der Waals surface area contributed by atoms with Gasteiger partial charge in [0.25, 0.3) is 5.91 Å². The minimum atomic E-state index is -0.643. The van der Waals surface area contributed by atoms with Crippen molar-refractivity contribution in [2.24, 2.45) is 0 Å². The molecule has 5 nitrogen and oxygen atoms in total. The first kappa shape index (κ1) is 13.7. The standard InChI is InChI=1S/C14H12FN3O2/c1-2-7-16-13(19)12-8-11(17-14(20)18-12)9-3-5-10(15)6-4-9/h2-6,8H,1,7H2,(H,16,19)(H,17,18,20). The molecule has 0 saturated heterocycles. The van der Waals surface area contributed by atoms with Crippen LogP contribution in [0.1, 0.15) is 10.5 Å². The summed E-state index contributed by atoms with van der Waals surface area (Å²) in [6.45, 7) is 3.77. The Morgan fingerprint density at radius 2 is 2.10 bits per heavy atom. The zero-order valence-electron chi connectivity index (χ0n) is 10.5. The van der Waals surface area contributed by atoms with Crippen molar-refractivity contribution in [2.75, 3.05) is 6.54 Å². The van der Waals surface area contributed by atoms with Gasteiger partial charge in [-0.3, -0.25) is 4.79 Å². The first-order valence-electron chi connectivity index (χ1n) is 5.86. The van der Waals surface area contributed by atoms with Crippen molar-refractivity contribution in [2.45, 2.75) is 0 Å². The second kappa shape index (κ2) is 5.92. The van der Waals surface area contributed by atoms with Gasteiger partial charge in [0.2, 0.25) is 0 Å². The molecule has 0 radical (unpaired) electrons. The second-order valence-corrected chi connectivity index (χ2v) is 3.99. The van der Waals surface area contributed by atoms with Crippen LogP contribution < -0.4 is 11.0 Å². The van der Waals surface area contributed by atoms with Crippen LogP contribution in [-0.2, 0) is 0 Å². The number of halogens is 1. The lowest BCUT2D eigenvalue weighted by atomic mass is 10.1. The zero-order chi connectivity index (χ0) is 14.5. The van der Waals surface area contributed by atoms with Crippen LogP contribution in [0.3, 0.4) is 0 Å². The smallest absolute Gasteiger partial charge is 0.346 e. The molecule has 0 spiro atoms. The third-order valence-corrected chi connectivity index (χ3v) is 2.54. The number of aromatic amines is 1. The molecule has 6 heteroatoms. The van der Waals surface area contributed by atoms with Crippen LogP contribution in [0, 0.1) is 5.82 Å². The molecule has 2 N–H and O–H groups in total. The molecule has 0 fully saturated rings. The van der Waals surface area contributed by atoms with Gasteiger partial charge in [-0.1, -0.05) is 6.08 Å². The number of amides is 1. The van der Waals surface area contributed by atoms with Gasteiger partial charge >= 0.3 is 5.69 Å². The minimum absolute atomic E-state index is 0.0891. The Hall–Kier alpha value is -2.76. The first-order chi connectivity index (χ1) is 9.60. The van der Waals surface area contributed by atoms with Crippen molar-refractivity contribution in [3.63, 3.8) is 0 Å². The molecule has 0 saturated carbocycles. The lowest BCUT2D eigenvalue weighted by Gasteiger charge is -2.05. The van der Waals surface area contributed by atoms with Crippen molar-refractivity contribution in [3.05, 3.63) is 65.0 Å². The molecule has 1 aromatic carbocycles. The van der Waals surface area contributed by atoms with Gasteiger partial charge in [0.1, 0.15) is 11.5 Å². The molecule has 0 aliphatic rings. The molecule has 20 heavy (non-hydrogen) atoms. The van der Waals surface area contributed by atoms with Crippen molar-refractivity contribution >= 4 is 5.91 Å². The quantitative estimate of drug-likeness (QED) is 0.829. The van der Waals surface area contributed by atoms with Gasteiger partial charge in [-0.05, 0) is 30.3 Å². The molecule has 0 aliphatic carbocycles. The van der Waals surface area contributed by atoms with Crippen LogP contribution in [0.25, 0.3) is 11.3 Å². The molecule has 0 bridgehead atoms. The van der Waals surface area contributed by atoms with Gasteiger partial charge in [-0.25, -0.2) is 9.18 Å². The third kappa shape index (κ3) is 3.17. The molecular formula is C14H12FN3O2. The maximum absolute atomic E-state index is 12.9. The predicted octanol–water partition coefficient (Wildman–Crippen LogP) is 1.49. The predicted molar refractivity (Wildman–Crippen MR) is 72.8 cm³/mol. The van der Waals surface area contributed by atoms with Crippen molar-refractivity contribution < 1.29 is 9.18 Å². The molecule has 0 atom stereocenters. The van der Waals surface area contributed by atoms with E-state index in [4.69, 9.17) is 0 Å². The maximum Gasteiger partial charge on any atom is 0.346 e. The molecule has 0 aliphatic heterocycles. The van der Waals surface area contributed by atoms with Crippen LogP contribution in [0.4, 0.5) is 4.39 Å². The van der Waals surface area contributed by atoms with E-state index in [0.29, 0.717) is 11.3 Å². The number of aromatic nitrogens is 2. The fraction of sp³-hybridized carbons (Fsp3) is 0.0714. The monoisotopic (exact) mass is 273 g/mol. The molecule has 1 aromatic heterocycles. The van der Waals surface area contributed by atoms with Crippen LogP contribution in [0.2, 0.25) is 0 Å². The van der Waals surface area contributed by atoms with E-state index in [1.165, 1.54) is 36.4 Å². The normalized spacial score (nSPS) is 10.1. The summed E-state index contributed by atoms with van der Waals surface area (Å²) in [4.78, 5) is 29.4. The Kier molecular flexibility index (Phi) is 4.05. The molecule has 1 amide bonds. The summed E-state index contributed by atoms with van der Waals surface area (Å²) < 4.78 is 12.9. The average molecular weight is 273 g/mol. The lowest BCUT2D eigenvalue weighted by Crippen LogP contribution is -2.27. The maximum atomic E-state index is 12.9. The van der Waals surface area contributed by atoms with Crippen molar-refractivity contribution in [1.29, 1.82) is 0 Å². The summed E-state index contributed by atoms with van der Waals surface area (Å²) in [5, 5.41) is 2.55. The van der Waals surface area contributed by atoms with Crippen LogP contribution in [0.5, 0.6) is 0 Å². The second-order valence-electron chi connectivity index (χ2n) is 3.99. The van der Waals surface area contributed by atoms with Gasteiger partial charge in [0.15, 0.2) is 0 Å². The largest absolute Gasteiger partial charge is 0.347 e. The van der Waals surface area contributed by atoms with E-state index in [9.17, 15) is 14.0 Å². The Morgan fingerprint density at radius 1 is 1.40 bits per heavy atom. The van der Waals surface area contributed by atoms with E-state index in [-0.39, 0.29) is 18.1 Å². The van der Waals surface area contributed by atoms with Gasteiger partial charge < -0.3 is 10.3 Å². The SMILES string of the molecule is C=CCNC(=O)c1cc(-c2ccc(F)cc2)nc(=O)[nH]1. The van der Waals surface area contributed by atoms with Crippen LogP contribution >= 0.6 is 0 Å². The Bertz CT molecular complexity index is 692. The molecule has 2 rings (SSSR count).